The van der Waals surface area contributed by atoms with E-state index >= 15 is 0 Å². The number of nitrogens with one attached hydrogen (secondary N) is 1. The van der Waals surface area contributed by atoms with Crippen molar-refractivity contribution in [1.29, 1.82) is 0 Å². The molecule has 1 aliphatic rings. The molecule has 0 heterocycles. The van der Waals surface area contributed by atoms with Crippen LogP contribution in [0.2, 0.25) is 0 Å². The lowest BCUT2D eigenvalue weighted by molar-refractivity contribution is -0.142. The second kappa shape index (κ2) is 7.82. The fourth-order valence-electron chi connectivity index (χ4n) is 2.95. The molecule has 0 bridgehead atoms. The molecular weight excluding hydrogens is 282 g/mol. The molecule has 2 rings (SSSR count). The van der Waals surface area contributed by atoms with Crippen LogP contribution >= 0.6 is 0 Å². The van der Waals surface area contributed by atoms with Gasteiger partial charge in [0.05, 0.1) is 7.11 Å². The molecule has 2 N–H and O–H groups in total. The average molecular weight is 305 g/mol. The Morgan fingerprint density at radius 3 is 2.59 bits per heavy atom. The summed E-state index contributed by atoms with van der Waals surface area (Å²) in [5, 5.41) is 12.1. The molecule has 1 amide bonds. The lowest BCUT2D eigenvalue weighted by atomic mass is 9.88. The molecule has 120 valence electrons. The first kappa shape index (κ1) is 16.3. The van der Waals surface area contributed by atoms with Crippen LogP contribution in [0.1, 0.15) is 37.7 Å². The predicted octanol–water partition coefficient (Wildman–Crippen LogP) is 2.39. The average Bonchev–Trinajstić information content (AvgIpc) is 2.55. The zero-order chi connectivity index (χ0) is 15.9. The zero-order valence-electron chi connectivity index (χ0n) is 12.9. The molecule has 0 spiro atoms. The fourth-order valence-corrected chi connectivity index (χ4v) is 2.95. The van der Waals surface area contributed by atoms with Gasteiger partial charge in [0, 0.05) is 12.3 Å². The van der Waals surface area contributed by atoms with Gasteiger partial charge in [0.15, 0.2) is 0 Å². The van der Waals surface area contributed by atoms with Gasteiger partial charge in [-0.3, -0.25) is 4.79 Å². The van der Waals surface area contributed by atoms with E-state index in [0.717, 1.165) is 37.7 Å². The minimum absolute atomic E-state index is 0.0479. The number of methoxy groups -OCH3 is 1. The number of benzene rings is 1. The van der Waals surface area contributed by atoms with Crippen molar-refractivity contribution in [3.05, 3.63) is 29.8 Å². The molecule has 0 aliphatic heterocycles. The lowest BCUT2D eigenvalue weighted by Crippen LogP contribution is -2.45. The highest BCUT2D eigenvalue weighted by atomic mass is 16.5. The number of carboxylic acids is 1. The number of aliphatic carboxylic acids is 1. The number of hydrogen-bond donors (Lipinski definition) is 2. The van der Waals surface area contributed by atoms with Gasteiger partial charge in [-0.25, -0.2) is 4.79 Å². The predicted molar refractivity (Wildman–Crippen MR) is 82.8 cm³/mol. The molecule has 1 aromatic carbocycles. The molecule has 1 aliphatic carbocycles. The van der Waals surface area contributed by atoms with Crippen molar-refractivity contribution in [1.82, 2.24) is 5.32 Å². The van der Waals surface area contributed by atoms with Gasteiger partial charge in [-0.1, -0.05) is 37.5 Å². The Labute approximate surface area is 130 Å². The van der Waals surface area contributed by atoms with E-state index in [1.54, 1.807) is 13.2 Å². The van der Waals surface area contributed by atoms with Crippen molar-refractivity contribution in [3.8, 4) is 5.75 Å². The van der Waals surface area contributed by atoms with E-state index in [1.165, 1.54) is 0 Å². The monoisotopic (exact) mass is 305 g/mol. The molecule has 1 atom stereocenters. The number of carbonyl (C=O) groups excluding carboxylic acids is 1. The molecule has 5 heteroatoms. The molecule has 22 heavy (non-hydrogen) atoms. The molecule has 1 aromatic rings. The van der Waals surface area contributed by atoms with E-state index in [9.17, 15) is 14.7 Å². The van der Waals surface area contributed by atoms with Gasteiger partial charge in [-0.2, -0.15) is 0 Å². The molecule has 0 radical (unpaired) electrons. The fraction of sp³-hybridized carbons (Fsp3) is 0.529. The molecule has 0 aromatic heterocycles. The number of carbonyl (C=O) groups is 2. The van der Waals surface area contributed by atoms with Crippen molar-refractivity contribution in [2.75, 3.05) is 7.11 Å². The van der Waals surface area contributed by atoms with Crippen molar-refractivity contribution in [2.45, 2.75) is 44.6 Å². The summed E-state index contributed by atoms with van der Waals surface area (Å²) in [4.78, 5) is 23.7. The quantitative estimate of drug-likeness (QED) is 0.846. The van der Waals surface area contributed by atoms with E-state index in [2.05, 4.69) is 5.32 Å². The number of amides is 1. The summed E-state index contributed by atoms with van der Waals surface area (Å²) in [6.45, 7) is 0. The van der Waals surface area contributed by atoms with E-state index in [1.807, 2.05) is 18.2 Å². The molecular formula is C17H23NO4. The van der Waals surface area contributed by atoms with E-state index in [0.29, 0.717) is 5.75 Å². The second-order valence-electron chi connectivity index (χ2n) is 5.75. The Balaban J connectivity index is 2.03. The van der Waals surface area contributed by atoms with E-state index < -0.39 is 12.0 Å². The number of ether oxygens (including phenoxy) is 1. The largest absolute Gasteiger partial charge is 0.496 e. The van der Waals surface area contributed by atoms with Crippen LogP contribution in [0.3, 0.4) is 0 Å². The first-order chi connectivity index (χ1) is 10.6. The highest BCUT2D eigenvalue weighted by Crippen LogP contribution is 2.24. The summed E-state index contributed by atoms with van der Waals surface area (Å²) in [5.74, 6) is -0.564. The van der Waals surface area contributed by atoms with Crippen molar-refractivity contribution < 1.29 is 19.4 Å². The van der Waals surface area contributed by atoms with Gasteiger partial charge in [0.1, 0.15) is 11.8 Å². The third kappa shape index (κ3) is 4.23. The third-order valence-electron chi connectivity index (χ3n) is 4.21. The SMILES string of the molecule is COc1ccccc1C[C@H](NC(=O)C1CCCCC1)C(=O)O. The van der Waals surface area contributed by atoms with Crippen LogP contribution in [0.4, 0.5) is 0 Å². The van der Waals surface area contributed by atoms with Crippen LogP contribution in [0, 0.1) is 5.92 Å². The summed E-state index contributed by atoms with van der Waals surface area (Å²) >= 11 is 0. The maximum Gasteiger partial charge on any atom is 0.326 e. The molecule has 0 saturated heterocycles. The van der Waals surface area contributed by atoms with Gasteiger partial charge >= 0.3 is 5.97 Å². The standard InChI is InChI=1S/C17H23NO4/c1-22-15-10-6-5-9-13(15)11-14(17(20)21)18-16(19)12-7-3-2-4-8-12/h5-6,9-10,12,14H,2-4,7-8,11H2,1H3,(H,18,19)(H,20,21)/t14-/m0/s1. The summed E-state index contributed by atoms with van der Waals surface area (Å²) in [7, 11) is 1.55. The van der Waals surface area contributed by atoms with Gasteiger partial charge in [0.2, 0.25) is 5.91 Å². The minimum atomic E-state index is -1.02. The van der Waals surface area contributed by atoms with Crippen LogP contribution < -0.4 is 10.1 Å². The number of hydrogen-bond acceptors (Lipinski definition) is 3. The maximum atomic E-state index is 12.3. The summed E-state index contributed by atoms with van der Waals surface area (Å²) in [6, 6.07) is 6.35. The zero-order valence-corrected chi connectivity index (χ0v) is 12.9. The van der Waals surface area contributed by atoms with Gasteiger partial charge in [-0.15, -0.1) is 0 Å². The first-order valence-electron chi connectivity index (χ1n) is 7.77. The summed E-state index contributed by atoms with van der Waals surface area (Å²) < 4.78 is 5.24. The van der Waals surface area contributed by atoms with Gasteiger partial charge < -0.3 is 15.2 Å². The van der Waals surface area contributed by atoms with Crippen LogP contribution in [-0.4, -0.2) is 30.1 Å². The smallest absolute Gasteiger partial charge is 0.326 e. The Morgan fingerprint density at radius 2 is 1.95 bits per heavy atom. The highest BCUT2D eigenvalue weighted by molar-refractivity contribution is 5.85. The van der Waals surface area contributed by atoms with Crippen molar-refractivity contribution in [2.24, 2.45) is 5.92 Å². The van der Waals surface area contributed by atoms with Crippen molar-refractivity contribution >= 4 is 11.9 Å². The normalized spacial score (nSPS) is 16.8. The number of rotatable bonds is 6. The van der Waals surface area contributed by atoms with Crippen LogP contribution in [-0.2, 0) is 16.0 Å². The molecule has 0 unspecified atom stereocenters. The van der Waals surface area contributed by atoms with Gasteiger partial charge in [-0.05, 0) is 24.5 Å². The lowest BCUT2D eigenvalue weighted by Gasteiger charge is -2.23. The Kier molecular flexibility index (Phi) is 5.81. The first-order valence-corrected chi connectivity index (χ1v) is 7.77. The summed E-state index contributed by atoms with van der Waals surface area (Å²) in [5.41, 5.74) is 0.779. The summed E-state index contributed by atoms with van der Waals surface area (Å²) in [6.07, 6.45) is 5.18. The molecule has 1 saturated carbocycles. The minimum Gasteiger partial charge on any atom is -0.496 e. The van der Waals surface area contributed by atoms with Gasteiger partial charge in [0.25, 0.3) is 0 Å². The topological polar surface area (TPSA) is 75.6 Å². The highest BCUT2D eigenvalue weighted by Gasteiger charge is 2.27. The Morgan fingerprint density at radius 1 is 1.27 bits per heavy atom. The van der Waals surface area contributed by atoms with Crippen LogP contribution in [0.15, 0.2) is 24.3 Å². The van der Waals surface area contributed by atoms with Crippen LogP contribution in [0.25, 0.3) is 0 Å². The Hall–Kier alpha value is -2.04. The molecule has 1 fully saturated rings. The molecule has 5 nitrogen and oxygen atoms in total. The maximum absolute atomic E-state index is 12.3. The number of para-hydroxylation sites is 1. The van der Waals surface area contributed by atoms with Crippen LogP contribution in [0.5, 0.6) is 5.75 Å². The third-order valence-corrected chi connectivity index (χ3v) is 4.21. The number of carboxylic acid groups (broad SMARTS) is 1. The second-order valence-corrected chi connectivity index (χ2v) is 5.75. The van der Waals surface area contributed by atoms with Crippen molar-refractivity contribution in [3.63, 3.8) is 0 Å². The Bertz CT molecular complexity index is 523. The van der Waals surface area contributed by atoms with E-state index in [4.69, 9.17) is 4.74 Å². The van der Waals surface area contributed by atoms with E-state index in [-0.39, 0.29) is 18.2 Å².